The van der Waals surface area contributed by atoms with Crippen LogP contribution in [0.25, 0.3) is 0 Å². The Hall–Kier alpha value is -1.01. The molecule has 0 radical (unpaired) electrons. The molecule has 1 atom stereocenters. The van der Waals surface area contributed by atoms with E-state index in [0.717, 1.165) is 4.21 Å². The van der Waals surface area contributed by atoms with E-state index in [1.54, 1.807) is 11.3 Å². The SMILES string of the molecule is COC(=O)C(CSc1cccs1)NC(C)=O. The first-order chi connectivity index (χ1) is 7.63. The summed E-state index contributed by atoms with van der Waals surface area (Å²) in [5.41, 5.74) is 0. The van der Waals surface area contributed by atoms with Crippen molar-refractivity contribution >= 4 is 35.0 Å². The van der Waals surface area contributed by atoms with E-state index in [9.17, 15) is 9.59 Å². The van der Waals surface area contributed by atoms with E-state index < -0.39 is 12.0 Å². The number of thiophene rings is 1. The number of hydrogen-bond acceptors (Lipinski definition) is 5. The summed E-state index contributed by atoms with van der Waals surface area (Å²) in [6.45, 7) is 1.38. The molecule has 1 rings (SSSR count). The van der Waals surface area contributed by atoms with Crippen LogP contribution in [0.4, 0.5) is 0 Å². The monoisotopic (exact) mass is 259 g/mol. The summed E-state index contributed by atoms with van der Waals surface area (Å²) in [4.78, 5) is 22.3. The smallest absolute Gasteiger partial charge is 0.329 e. The number of hydrogen-bond donors (Lipinski definition) is 1. The van der Waals surface area contributed by atoms with Crippen LogP contribution in [-0.4, -0.2) is 30.8 Å². The first-order valence-corrected chi connectivity index (χ1v) is 6.51. The molecule has 0 aliphatic rings. The number of ether oxygens (including phenoxy) is 1. The zero-order chi connectivity index (χ0) is 12.0. The zero-order valence-electron chi connectivity index (χ0n) is 9.06. The first-order valence-electron chi connectivity index (χ1n) is 4.64. The van der Waals surface area contributed by atoms with E-state index in [2.05, 4.69) is 10.1 Å². The average molecular weight is 259 g/mol. The van der Waals surface area contributed by atoms with Crippen molar-refractivity contribution in [1.29, 1.82) is 0 Å². The van der Waals surface area contributed by atoms with Crippen molar-refractivity contribution in [1.82, 2.24) is 5.32 Å². The Bertz CT molecular complexity index is 351. The largest absolute Gasteiger partial charge is 0.467 e. The minimum atomic E-state index is -0.588. The van der Waals surface area contributed by atoms with Crippen LogP contribution in [-0.2, 0) is 14.3 Å². The van der Waals surface area contributed by atoms with Gasteiger partial charge in [0.05, 0.1) is 11.3 Å². The van der Waals surface area contributed by atoms with Crippen LogP contribution in [0.2, 0.25) is 0 Å². The Labute approximate surface area is 102 Å². The molecule has 1 amide bonds. The average Bonchev–Trinajstić information content (AvgIpc) is 2.75. The summed E-state index contributed by atoms with van der Waals surface area (Å²) in [7, 11) is 1.31. The number of thioether (sulfide) groups is 1. The molecule has 1 aromatic heterocycles. The van der Waals surface area contributed by atoms with Gasteiger partial charge in [-0.05, 0) is 11.4 Å². The maximum Gasteiger partial charge on any atom is 0.329 e. The molecule has 1 heterocycles. The Morgan fingerprint density at radius 2 is 2.38 bits per heavy atom. The van der Waals surface area contributed by atoms with E-state index in [1.165, 1.54) is 25.8 Å². The van der Waals surface area contributed by atoms with Gasteiger partial charge in [0.15, 0.2) is 0 Å². The Morgan fingerprint density at radius 3 is 2.88 bits per heavy atom. The van der Waals surface area contributed by atoms with Crippen molar-refractivity contribution in [3.63, 3.8) is 0 Å². The second-order valence-corrected chi connectivity index (χ2v) is 5.29. The van der Waals surface area contributed by atoms with E-state index in [0.29, 0.717) is 5.75 Å². The normalized spacial score (nSPS) is 11.9. The highest BCUT2D eigenvalue weighted by Crippen LogP contribution is 2.24. The molecule has 88 valence electrons. The first kappa shape index (κ1) is 13.1. The molecule has 0 aliphatic carbocycles. The number of rotatable bonds is 5. The molecule has 0 aliphatic heterocycles. The Morgan fingerprint density at radius 1 is 1.62 bits per heavy atom. The van der Waals surface area contributed by atoms with E-state index in [-0.39, 0.29) is 5.91 Å². The van der Waals surface area contributed by atoms with Gasteiger partial charge in [-0.15, -0.1) is 23.1 Å². The fourth-order valence-electron chi connectivity index (χ4n) is 1.07. The molecule has 0 spiro atoms. The van der Waals surface area contributed by atoms with Crippen LogP contribution in [0, 0.1) is 0 Å². The lowest BCUT2D eigenvalue weighted by atomic mass is 10.3. The highest BCUT2D eigenvalue weighted by atomic mass is 32.2. The summed E-state index contributed by atoms with van der Waals surface area (Å²) in [5, 5.41) is 4.53. The maximum absolute atomic E-state index is 11.4. The molecule has 6 heteroatoms. The molecular formula is C10H13NO3S2. The molecule has 0 bridgehead atoms. The predicted octanol–water partition coefficient (Wildman–Crippen LogP) is 1.52. The van der Waals surface area contributed by atoms with Crippen LogP contribution in [0.15, 0.2) is 21.7 Å². The fourth-order valence-corrected chi connectivity index (χ4v) is 2.88. The predicted molar refractivity (Wildman–Crippen MR) is 64.7 cm³/mol. The molecule has 1 unspecified atom stereocenters. The van der Waals surface area contributed by atoms with Crippen molar-refractivity contribution in [3.05, 3.63) is 17.5 Å². The summed E-state index contributed by atoms with van der Waals surface area (Å²) in [5.74, 6) is -0.173. The van der Waals surface area contributed by atoms with Crippen molar-refractivity contribution < 1.29 is 14.3 Å². The number of esters is 1. The van der Waals surface area contributed by atoms with Gasteiger partial charge in [0, 0.05) is 12.7 Å². The number of nitrogens with one attached hydrogen (secondary N) is 1. The Balaban J connectivity index is 2.50. The van der Waals surface area contributed by atoms with E-state index in [1.807, 2.05) is 17.5 Å². The van der Waals surface area contributed by atoms with Gasteiger partial charge in [0.1, 0.15) is 6.04 Å². The van der Waals surface area contributed by atoms with Crippen molar-refractivity contribution in [3.8, 4) is 0 Å². The topological polar surface area (TPSA) is 55.4 Å². The second kappa shape index (κ2) is 6.55. The van der Waals surface area contributed by atoms with Gasteiger partial charge in [-0.1, -0.05) is 6.07 Å². The lowest BCUT2D eigenvalue weighted by Gasteiger charge is -2.14. The van der Waals surface area contributed by atoms with Crippen LogP contribution in [0.1, 0.15) is 6.92 Å². The van der Waals surface area contributed by atoms with Gasteiger partial charge in [0.2, 0.25) is 5.91 Å². The Kier molecular flexibility index (Phi) is 5.34. The lowest BCUT2D eigenvalue weighted by molar-refractivity contribution is -0.144. The van der Waals surface area contributed by atoms with Crippen molar-refractivity contribution in [2.75, 3.05) is 12.9 Å². The highest BCUT2D eigenvalue weighted by molar-refractivity contribution is 8.01. The summed E-state index contributed by atoms with van der Waals surface area (Å²) in [6.07, 6.45) is 0. The summed E-state index contributed by atoms with van der Waals surface area (Å²) < 4.78 is 5.73. The molecule has 0 fully saturated rings. The molecule has 1 N–H and O–H groups in total. The third kappa shape index (κ3) is 4.24. The standard InChI is InChI=1S/C10H13NO3S2/c1-7(12)11-8(10(13)14-2)6-16-9-4-3-5-15-9/h3-5,8H,6H2,1-2H3,(H,11,12). The number of amides is 1. The molecule has 1 aromatic rings. The zero-order valence-corrected chi connectivity index (χ0v) is 10.7. The third-order valence-electron chi connectivity index (χ3n) is 1.75. The molecule has 0 aromatic carbocycles. The minimum absolute atomic E-state index is 0.234. The van der Waals surface area contributed by atoms with Crippen LogP contribution in [0.3, 0.4) is 0 Å². The quantitative estimate of drug-likeness (QED) is 0.643. The molecule has 0 saturated carbocycles. The summed E-state index contributed by atoms with van der Waals surface area (Å²) >= 11 is 3.13. The second-order valence-electron chi connectivity index (χ2n) is 3.02. The van der Waals surface area contributed by atoms with Gasteiger partial charge in [-0.25, -0.2) is 4.79 Å². The molecule has 16 heavy (non-hydrogen) atoms. The van der Waals surface area contributed by atoms with Crippen LogP contribution in [0.5, 0.6) is 0 Å². The highest BCUT2D eigenvalue weighted by Gasteiger charge is 2.20. The maximum atomic E-state index is 11.4. The van der Waals surface area contributed by atoms with Gasteiger partial charge < -0.3 is 10.1 Å². The number of carbonyl (C=O) groups is 2. The lowest BCUT2D eigenvalue weighted by Crippen LogP contribution is -2.42. The fraction of sp³-hybridized carbons (Fsp3) is 0.400. The molecule has 0 saturated heterocycles. The van der Waals surface area contributed by atoms with E-state index >= 15 is 0 Å². The third-order valence-corrected chi connectivity index (χ3v) is 3.97. The summed E-state index contributed by atoms with van der Waals surface area (Å²) in [6, 6.07) is 3.32. The van der Waals surface area contributed by atoms with Crippen molar-refractivity contribution in [2.24, 2.45) is 0 Å². The van der Waals surface area contributed by atoms with Crippen molar-refractivity contribution in [2.45, 2.75) is 17.2 Å². The van der Waals surface area contributed by atoms with Gasteiger partial charge in [-0.2, -0.15) is 0 Å². The van der Waals surface area contributed by atoms with Crippen LogP contribution >= 0.6 is 23.1 Å². The van der Waals surface area contributed by atoms with E-state index in [4.69, 9.17) is 0 Å². The number of methoxy groups -OCH3 is 1. The van der Waals surface area contributed by atoms with Gasteiger partial charge in [0.25, 0.3) is 0 Å². The molecular weight excluding hydrogens is 246 g/mol. The van der Waals surface area contributed by atoms with Gasteiger partial charge >= 0.3 is 5.97 Å². The number of carbonyl (C=O) groups excluding carboxylic acids is 2. The minimum Gasteiger partial charge on any atom is -0.467 e. The molecule has 4 nitrogen and oxygen atoms in total. The van der Waals surface area contributed by atoms with Gasteiger partial charge in [-0.3, -0.25) is 4.79 Å². The van der Waals surface area contributed by atoms with Crippen LogP contribution < -0.4 is 5.32 Å².